The number of thiazole rings is 1. The zero-order chi connectivity index (χ0) is 20.7. The van der Waals surface area contributed by atoms with E-state index in [0.29, 0.717) is 6.04 Å². The zero-order valence-electron chi connectivity index (χ0n) is 17.6. The summed E-state index contributed by atoms with van der Waals surface area (Å²) >= 11 is 1.48. The van der Waals surface area contributed by atoms with E-state index in [9.17, 15) is 9.90 Å². The van der Waals surface area contributed by atoms with E-state index in [2.05, 4.69) is 27.5 Å². The third-order valence-electron chi connectivity index (χ3n) is 6.92. The van der Waals surface area contributed by atoms with E-state index in [0.717, 1.165) is 59.6 Å². The summed E-state index contributed by atoms with van der Waals surface area (Å²) in [6, 6.07) is 7.03. The van der Waals surface area contributed by atoms with Gasteiger partial charge >= 0.3 is 0 Å². The summed E-state index contributed by atoms with van der Waals surface area (Å²) in [5.74, 6) is 0.115. The van der Waals surface area contributed by atoms with Crippen molar-refractivity contribution in [2.45, 2.75) is 63.6 Å². The largest absolute Gasteiger partial charge is 0.395 e. The molecule has 0 bridgehead atoms. The number of fused-ring (bicyclic) bond motifs is 3. The summed E-state index contributed by atoms with van der Waals surface area (Å²) in [5.41, 5.74) is 3.24. The Balaban J connectivity index is 1.40. The number of aromatic nitrogens is 2. The molecule has 1 saturated carbocycles. The van der Waals surface area contributed by atoms with Crippen molar-refractivity contribution in [3.8, 4) is 0 Å². The second-order valence-electron chi connectivity index (χ2n) is 8.84. The van der Waals surface area contributed by atoms with E-state index >= 15 is 0 Å². The van der Waals surface area contributed by atoms with Crippen LogP contribution < -0.4 is 0 Å². The van der Waals surface area contributed by atoms with Gasteiger partial charge in [0.2, 0.25) is 0 Å². The minimum Gasteiger partial charge on any atom is -0.395 e. The van der Waals surface area contributed by atoms with Crippen LogP contribution in [0.2, 0.25) is 0 Å². The lowest BCUT2D eigenvalue weighted by molar-refractivity contribution is 0.0701. The van der Waals surface area contributed by atoms with Gasteiger partial charge in [-0.2, -0.15) is 0 Å². The predicted octanol–water partition coefficient (Wildman–Crippen LogP) is 3.91. The number of rotatable bonds is 5. The van der Waals surface area contributed by atoms with E-state index in [-0.39, 0.29) is 18.6 Å². The molecule has 1 atom stereocenters. The number of aliphatic hydroxyl groups excluding tert-OH is 1. The Bertz CT molecular complexity index is 1050. The van der Waals surface area contributed by atoms with Crippen LogP contribution in [-0.4, -0.2) is 62.5 Å². The number of hydrogen-bond acceptors (Lipinski definition) is 5. The molecule has 6 nitrogen and oxygen atoms in total. The molecule has 0 spiro atoms. The van der Waals surface area contributed by atoms with Gasteiger partial charge in [-0.1, -0.05) is 36.7 Å². The average Bonchev–Trinajstić information content (AvgIpc) is 3.48. The molecule has 3 aromatic rings. The van der Waals surface area contributed by atoms with Gasteiger partial charge in [0.15, 0.2) is 4.96 Å². The van der Waals surface area contributed by atoms with Crippen LogP contribution in [0.3, 0.4) is 0 Å². The van der Waals surface area contributed by atoms with Gasteiger partial charge in [-0.05, 0) is 49.9 Å². The molecule has 3 heterocycles. The molecule has 160 valence electrons. The van der Waals surface area contributed by atoms with Crippen LogP contribution in [0.1, 0.15) is 60.2 Å². The second kappa shape index (κ2) is 8.29. The number of nitrogens with zero attached hydrogens (tertiary/aromatic N) is 4. The molecule has 1 aromatic carbocycles. The van der Waals surface area contributed by atoms with Gasteiger partial charge in [0.25, 0.3) is 5.91 Å². The molecule has 1 aliphatic carbocycles. The van der Waals surface area contributed by atoms with E-state index in [4.69, 9.17) is 4.98 Å². The SMILES string of the molecule is CN(C(=O)c1cn2c(nc3ccc(CN4CCCC4CO)cc32)s1)C1CCCCC1. The summed E-state index contributed by atoms with van der Waals surface area (Å²) in [6.45, 7) is 2.11. The molecule has 0 radical (unpaired) electrons. The van der Waals surface area contributed by atoms with Crippen LogP contribution in [0.15, 0.2) is 24.4 Å². The molecular formula is C23H30N4O2S. The maximum atomic E-state index is 13.1. The first-order valence-electron chi connectivity index (χ1n) is 11.2. The predicted molar refractivity (Wildman–Crippen MR) is 120 cm³/mol. The van der Waals surface area contributed by atoms with Crippen molar-refractivity contribution in [1.82, 2.24) is 19.2 Å². The maximum Gasteiger partial charge on any atom is 0.265 e. The molecule has 1 unspecified atom stereocenters. The third-order valence-corrected chi connectivity index (χ3v) is 7.89. The molecule has 5 rings (SSSR count). The highest BCUT2D eigenvalue weighted by Gasteiger charge is 2.26. The first kappa shape index (κ1) is 20.0. The molecule has 1 amide bonds. The van der Waals surface area contributed by atoms with E-state index in [1.165, 1.54) is 36.2 Å². The Kier molecular flexibility index (Phi) is 5.52. The Labute approximate surface area is 181 Å². The summed E-state index contributed by atoms with van der Waals surface area (Å²) < 4.78 is 2.07. The monoisotopic (exact) mass is 426 g/mol. The van der Waals surface area contributed by atoms with Crippen molar-refractivity contribution in [2.24, 2.45) is 0 Å². The first-order valence-corrected chi connectivity index (χ1v) is 12.0. The fourth-order valence-electron chi connectivity index (χ4n) is 5.10. The van der Waals surface area contributed by atoms with Crippen molar-refractivity contribution < 1.29 is 9.90 Å². The molecule has 1 saturated heterocycles. The van der Waals surface area contributed by atoms with Crippen LogP contribution in [0.4, 0.5) is 0 Å². The van der Waals surface area contributed by atoms with Gasteiger partial charge in [0.05, 0.1) is 17.6 Å². The minimum absolute atomic E-state index is 0.115. The first-order chi connectivity index (χ1) is 14.6. The number of carbonyl (C=O) groups is 1. The van der Waals surface area contributed by atoms with Crippen molar-refractivity contribution in [3.63, 3.8) is 0 Å². The number of hydrogen-bond donors (Lipinski definition) is 1. The second-order valence-corrected chi connectivity index (χ2v) is 9.85. The molecule has 2 fully saturated rings. The lowest BCUT2D eigenvalue weighted by Gasteiger charge is -2.30. The van der Waals surface area contributed by atoms with E-state index < -0.39 is 0 Å². The lowest BCUT2D eigenvalue weighted by Crippen LogP contribution is -2.37. The molecule has 1 N–H and O–H groups in total. The number of aliphatic hydroxyl groups is 1. The summed E-state index contributed by atoms with van der Waals surface area (Å²) in [6.07, 6.45) is 10.1. The number of benzene rings is 1. The van der Waals surface area contributed by atoms with Crippen molar-refractivity contribution in [1.29, 1.82) is 0 Å². The van der Waals surface area contributed by atoms with Crippen LogP contribution in [0, 0.1) is 0 Å². The van der Waals surface area contributed by atoms with Crippen molar-refractivity contribution in [2.75, 3.05) is 20.2 Å². The molecule has 30 heavy (non-hydrogen) atoms. The topological polar surface area (TPSA) is 61.1 Å². The number of amides is 1. The summed E-state index contributed by atoms with van der Waals surface area (Å²) in [5, 5.41) is 9.60. The fourth-order valence-corrected chi connectivity index (χ4v) is 6.08. The molecule has 1 aliphatic heterocycles. The van der Waals surface area contributed by atoms with Gasteiger partial charge in [-0.15, -0.1) is 0 Å². The van der Waals surface area contributed by atoms with Gasteiger partial charge in [0, 0.05) is 31.9 Å². The molecule has 7 heteroatoms. The highest BCUT2D eigenvalue weighted by molar-refractivity contribution is 7.18. The van der Waals surface area contributed by atoms with E-state index in [1.54, 1.807) is 0 Å². The quantitative estimate of drug-likeness (QED) is 0.672. The van der Waals surface area contributed by atoms with E-state index in [1.807, 2.05) is 18.1 Å². The summed E-state index contributed by atoms with van der Waals surface area (Å²) in [7, 11) is 1.95. The molecular weight excluding hydrogens is 396 g/mol. The smallest absolute Gasteiger partial charge is 0.265 e. The van der Waals surface area contributed by atoms with Crippen molar-refractivity contribution >= 4 is 33.2 Å². The highest BCUT2D eigenvalue weighted by Crippen LogP contribution is 2.29. The summed E-state index contributed by atoms with van der Waals surface area (Å²) in [4.78, 5) is 23.8. The number of likely N-dealkylation sites (tertiary alicyclic amines) is 1. The van der Waals surface area contributed by atoms with Gasteiger partial charge in [-0.25, -0.2) is 4.98 Å². The lowest BCUT2D eigenvalue weighted by atomic mass is 9.94. The van der Waals surface area contributed by atoms with Crippen LogP contribution in [0.5, 0.6) is 0 Å². The Morgan fingerprint density at radius 3 is 2.87 bits per heavy atom. The van der Waals surface area contributed by atoms with Crippen molar-refractivity contribution in [3.05, 3.63) is 34.8 Å². The number of carbonyl (C=O) groups excluding carboxylic acids is 1. The molecule has 2 aliphatic rings. The Morgan fingerprint density at radius 2 is 2.07 bits per heavy atom. The normalized spacial score (nSPS) is 21.1. The average molecular weight is 427 g/mol. The minimum atomic E-state index is 0.115. The van der Waals surface area contributed by atoms with Gasteiger partial charge in [0.1, 0.15) is 4.88 Å². The molecule has 2 aromatic heterocycles. The fraction of sp³-hybridized carbons (Fsp3) is 0.565. The third kappa shape index (κ3) is 3.63. The number of imidazole rings is 1. The van der Waals surface area contributed by atoms with Crippen LogP contribution >= 0.6 is 11.3 Å². The standard InChI is InChI=1S/C23H30N4O2S/c1-25(17-6-3-2-4-7-17)22(29)21-14-27-20-12-16(9-10-19(20)24-23(27)30-21)13-26-11-5-8-18(26)15-28/h9-10,12,14,17-18,28H,2-8,11,13,15H2,1H3. The Morgan fingerprint density at radius 1 is 1.23 bits per heavy atom. The van der Waals surface area contributed by atoms with Gasteiger partial charge in [-0.3, -0.25) is 14.1 Å². The maximum absolute atomic E-state index is 13.1. The zero-order valence-corrected chi connectivity index (χ0v) is 18.4. The highest BCUT2D eigenvalue weighted by atomic mass is 32.1. The van der Waals surface area contributed by atoms with Crippen LogP contribution in [-0.2, 0) is 6.54 Å². The van der Waals surface area contributed by atoms with Crippen LogP contribution in [0.25, 0.3) is 16.0 Å². The Hall–Kier alpha value is -1.96. The van der Waals surface area contributed by atoms with Gasteiger partial charge < -0.3 is 10.0 Å².